The quantitative estimate of drug-likeness (QED) is 0.687. The van der Waals surface area contributed by atoms with Gasteiger partial charge in [-0.15, -0.1) is 0 Å². The van der Waals surface area contributed by atoms with Crippen LogP contribution in [-0.2, 0) is 0 Å². The third kappa shape index (κ3) is 1.35. The molecule has 0 atom stereocenters. The predicted molar refractivity (Wildman–Crippen MR) is 48.3 cm³/mol. The number of nitrogens with two attached hydrogens (primary N) is 1. The van der Waals surface area contributed by atoms with Crippen LogP contribution < -0.4 is 5.73 Å². The van der Waals surface area contributed by atoms with Crippen molar-refractivity contribution in [2.24, 2.45) is 0 Å². The molecule has 0 unspecified atom stereocenters. The Hall–Kier alpha value is -1.91. The number of pyridine rings is 1. The summed E-state index contributed by atoms with van der Waals surface area (Å²) in [6.07, 6.45) is 3.12. The van der Waals surface area contributed by atoms with Gasteiger partial charge in [-0.2, -0.15) is 14.8 Å². The number of aromatic nitrogens is 4. The molecule has 2 N–H and O–H groups in total. The topological polar surface area (TPSA) is 69.6 Å². The predicted octanol–water partition coefficient (Wildman–Crippen LogP) is 0.553. The first-order valence-corrected chi connectivity index (χ1v) is 3.86. The first kappa shape index (κ1) is 7.72. The molecule has 0 bridgehead atoms. The summed E-state index contributed by atoms with van der Waals surface area (Å²) in [5, 5.41) is 3.95. The van der Waals surface area contributed by atoms with E-state index in [4.69, 9.17) is 5.73 Å². The van der Waals surface area contributed by atoms with Crippen LogP contribution in [0.4, 0.5) is 5.95 Å². The number of hydrogen-bond acceptors (Lipinski definition) is 4. The fourth-order valence-corrected chi connectivity index (χ4v) is 1.06. The number of rotatable bonds is 1. The van der Waals surface area contributed by atoms with Crippen LogP contribution in [0.2, 0.25) is 0 Å². The normalized spacial score (nSPS) is 10.2. The maximum atomic E-state index is 5.57. The molecular formula is C8H9N5. The number of nitrogen functional groups attached to an aromatic ring is 1. The average Bonchev–Trinajstić information content (AvgIpc) is 2.51. The number of aryl methyl sites for hydroxylation is 1. The minimum Gasteiger partial charge on any atom is -0.368 e. The van der Waals surface area contributed by atoms with E-state index in [0.717, 1.165) is 5.56 Å². The summed E-state index contributed by atoms with van der Waals surface area (Å²) in [4.78, 5) is 7.94. The van der Waals surface area contributed by atoms with Gasteiger partial charge in [0.2, 0.25) is 5.95 Å². The van der Waals surface area contributed by atoms with E-state index in [0.29, 0.717) is 11.8 Å². The Labute approximate surface area is 75.2 Å². The highest BCUT2D eigenvalue weighted by atomic mass is 15.4. The molecule has 0 fully saturated rings. The van der Waals surface area contributed by atoms with Crippen LogP contribution in [0.25, 0.3) is 5.82 Å². The summed E-state index contributed by atoms with van der Waals surface area (Å²) in [6.45, 7) is 1.98. The fourth-order valence-electron chi connectivity index (χ4n) is 1.06. The second-order valence-electron chi connectivity index (χ2n) is 2.72. The third-order valence-electron chi connectivity index (χ3n) is 1.69. The molecule has 0 spiro atoms. The number of anilines is 1. The largest absolute Gasteiger partial charge is 0.368 e. The zero-order valence-corrected chi connectivity index (χ0v) is 7.18. The second kappa shape index (κ2) is 2.85. The van der Waals surface area contributed by atoms with Crippen LogP contribution >= 0.6 is 0 Å². The van der Waals surface area contributed by atoms with Gasteiger partial charge in [0.15, 0.2) is 5.82 Å². The molecule has 0 aromatic carbocycles. The van der Waals surface area contributed by atoms with Crippen molar-refractivity contribution in [1.29, 1.82) is 0 Å². The Morgan fingerprint density at radius 1 is 1.38 bits per heavy atom. The fraction of sp³-hybridized carbons (Fsp3) is 0.125. The van der Waals surface area contributed by atoms with Crippen molar-refractivity contribution in [2.75, 3.05) is 5.73 Å². The highest BCUT2D eigenvalue weighted by molar-refractivity contribution is 5.32. The van der Waals surface area contributed by atoms with Crippen LogP contribution in [0.1, 0.15) is 5.56 Å². The summed E-state index contributed by atoms with van der Waals surface area (Å²) >= 11 is 0. The third-order valence-corrected chi connectivity index (χ3v) is 1.69. The van der Waals surface area contributed by atoms with Gasteiger partial charge in [0.25, 0.3) is 0 Å². The van der Waals surface area contributed by atoms with Crippen molar-refractivity contribution in [3.8, 4) is 5.82 Å². The molecule has 0 aliphatic heterocycles. The monoisotopic (exact) mass is 175 g/mol. The lowest BCUT2D eigenvalue weighted by Gasteiger charge is -2.01. The minimum atomic E-state index is 0.345. The van der Waals surface area contributed by atoms with E-state index in [2.05, 4.69) is 15.1 Å². The molecule has 2 aromatic rings. The lowest BCUT2D eigenvalue weighted by Crippen LogP contribution is -2.04. The smallest absolute Gasteiger partial charge is 0.224 e. The van der Waals surface area contributed by atoms with Crippen molar-refractivity contribution in [2.45, 2.75) is 6.92 Å². The van der Waals surface area contributed by atoms with Gasteiger partial charge in [-0.05, 0) is 24.6 Å². The molecule has 5 heteroatoms. The van der Waals surface area contributed by atoms with E-state index in [1.54, 1.807) is 6.20 Å². The van der Waals surface area contributed by atoms with E-state index in [1.165, 1.54) is 11.0 Å². The van der Waals surface area contributed by atoms with E-state index < -0.39 is 0 Å². The SMILES string of the molecule is Cc1ccnc(-n2ncnc2N)c1. The second-order valence-corrected chi connectivity index (χ2v) is 2.72. The van der Waals surface area contributed by atoms with Crippen LogP contribution in [-0.4, -0.2) is 19.7 Å². The molecule has 5 nitrogen and oxygen atoms in total. The van der Waals surface area contributed by atoms with Crippen LogP contribution in [0.15, 0.2) is 24.7 Å². The zero-order chi connectivity index (χ0) is 9.26. The summed E-state index contributed by atoms with van der Waals surface area (Å²) in [6, 6.07) is 3.81. The van der Waals surface area contributed by atoms with Gasteiger partial charge in [-0.25, -0.2) is 4.98 Å². The van der Waals surface area contributed by atoms with Gasteiger partial charge < -0.3 is 5.73 Å². The van der Waals surface area contributed by atoms with Gasteiger partial charge in [0.1, 0.15) is 6.33 Å². The van der Waals surface area contributed by atoms with Crippen molar-refractivity contribution in [3.05, 3.63) is 30.2 Å². The van der Waals surface area contributed by atoms with Gasteiger partial charge >= 0.3 is 0 Å². The van der Waals surface area contributed by atoms with Crippen molar-refractivity contribution < 1.29 is 0 Å². The molecule has 0 radical (unpaired) electrons. The zero-order valence-electron chi connectivity index (χ0n) is 7.18. The van der Waals surface area contributed by atoms with Gasteiger partial charge in [0, 0.05) is 6.20 Å². The maximum absolute atomic E-state index is 5.57. The number of nitrogens with zero attached hydrogens (tertiary/aromatic N) is 4. The Kier molecular flexibility index (Phi) is 1.70. The minimum absolute atomic E-state index is 0.345. The van der Waals surface area contributed by atoms with E-state index in [-0.39, 0.29) is 0 Å². The maximum Gasteiger partial charge on any atom is 0.224 e. The molecule has 2 rings (SSSR count). The van der Waals surface area contributed by atoms with Crippen molar-refractivity contribution in [3.63, 3.8) is 0 Å². The van der Waals surface area contributed by atoms with Gasteiger partial charge in [-0.3, -0.25) is 0 Å². The van der Waals surface area contributed by atoms with E-state index in [9.17, 15) is 0 Å². The van der Waals surface area contributed by atoms with E-state index in [1.807, 2.05) is 19.1 Å². The molecule has 2 aromatic heterocycles. The lowest BCUT2D eigenvalue weighted by atomic mass is 10.3. The van der Waals surface area contributed by atoms with Gasteiger partial charge in [-0.1, -0.05) is 0 Å². The lowest BCUT2D eigenvalue weighted by molar-refractivity contribution is 0.854. The van der Waals surface area contributed by atoms with E-state index >= 15 is 0 Å². The Balaban J connectivity index is 2.53. The molecule has 2 heterocycles. The van der Waals surface area contributed by atoms with Crippen molar-refractivity contribution >= 4 is 5.95 Å². The summed E-state index contributed by atoms with van der Waals surface area (Å²) in [7, 11) is 0. The highest BCUT2D eigenvalue weighted by Crippen LogP contribution is 2.07. The first-order valence-electron chi connectivity index (χ1n) is 3.86. The molecule has 0 aliphatic carbocycles. The summed E-state index contributed by atoms with van der Waals surface area (Å²) in [5.74, 6) is 1.04. The van der Waals surface area contributed by atoms with Crippen molar-refractivity contribution in [1.82, 2.24) is 19.7 Å². The molecule has 13 heavy (non-hydrogen) atoms. The molecule has 0 aliphatic rings. The van der Waals surface area contributed by atoms with Gasteiger partial charge in [0.05, 0.1) is 0 Å². The Morgan fingerprint density at radius 2 is 2.23 bits per heavy atom. The molecule has 66 valence electrons. The standard InChI is InChI=1S/C8H9N5/c1-6-2-3-10-7(4-6)13-8(9)11-5-12-13/h2-5H,1H3,(H2,9,11,12). The molecule has 0 saturated heterocycles. The van der Waals surface area contributed by atoms with Crippen LogP contribution in [0.5, 0.6) is 0 Å². The molecule has 0 saturated carbocycles. The highest BCUT2D eigenvalue weighted by Gasteiger charge is 2.02. The average molecular weight is 175 g/mol. The summed E-state index contributed by atoms with van der Waals surface area (Å²) < 4.78 is 1.49. The summed E-state index contributed by atoms with van der Waals surface area (Å²) in [5.41, 5.74) is 6.68. The molecule has 0 amide bonds. The van der Waals surface area contributed by atoms with Crippen LogP contribution in [0.3, 0.4) is 0 Å². The molecular weight excluding hydrogens is 166 g/mol. The van der Waals surface area contributed by atoms with Crippen LogP contribution in [0, 0.1) is 6.92 Å². The number of hydrogen-bond donors (Lipinski definition) is 1. The Bertz CT molecular complexity index is 420. The Morgan fingerprint density at radius 3 is 2.85 bits per heavy atom. The first-order chi connectivity index (χ1) is 6.27.